The molecule has 3 nitrogen and oxygen atoms in total. The minimum absolute atomic E-state index is 0.290. The summed E-state index contributed by atoms with van der Waals surface area (Å²) in [4.78, 5) is 0. The summed E-state index contributed by atoms with van der Waals surface area (Å²) in [7, 11) is 0. The Bertz CT molecular complexity index is 255. The van der Waals surface area contributed by atoms with Gasteiger partial charge in [0.25, 0.3) is 0 Å². The van der Waals surface area contributed by atoms with E-state index < -0.39 is 0 Å². The molecule has 0 bridgehead atoms. The average Bonchev–Trinajstić information content (AvgIpc) is 2.55. The maximum Gasteiger partial charge on any atom is 0.196 e. The SMILES string of the molecule is CCC[N+](CCC)(CCC)C(C)OC(C)[N+](CCC)(CCC)CCC. The van der Waals surface area contributed by atoms with Gasteiger partial charge in [-0.15, -0.1) is 0 Å². The highest BCUT2D eigenvalue weighted by Crippen LogP contribution is 2.25. The fourth-order valence-corrected chi connectivity index (χ4v) is 4.98. The van der Waals surface area contributed by atoms with Crippen molar-refractivity contribution >= 4 is 0 Å². The van der Waals surface area contributed by atoms with Crippen LogP contribution in [0.4, 0.5) is 0 Å². The summed E-state index contributed by atoms with van der Waals surface area (Å²) >= 11 is 0. The summed E-state index contributed by atoms with van der Waals surface area (Å²) in [5, 5.41) is 0. The lowest BCUT2D eigenvalue weighted by Crippen LogP contribution is -2.62. The Morgan fingerprint density at radius 3 is 0.840 bits per heavy atom. The van der Waals surface area contributed by atoms with E-state index in [1.807, 2.05) is 0 Å². The van der Waals surface area contributed by atoms with Crippen LogP contribution in [-0.2, 0) is 4.74 Å². The van der Waals surface area contributed by atoms with E-state index in [9.17, 15) is 0 Å². The predicted molar refractivity (Wildman–Crippen MR) is 111 cm³/mol. The van der Waals surface area contributed by atoms with Crippen molar-refractivity contribution in [2.24, 2.45) is 0 Å². The summed E-state index contributed by atoms with van der Waals surface area (Å²) in [6.07, 6.45) is 8.00. The zero-order valence-corrected chi connectivity index (χ0v) is 18.9. The average molecular weight is 359 g/mol. The van der Waals surface area contributed by atoms with Crippen LogP contribution in [0.5, 0.6) is 0 Å². The second-order valence-corrected chi connectivity index (χ2v) is 8.11. The molecule has 0 spiro atoms. The van der Waals surface area contributed by atoms with Gasteiger partial charge in [-0.3, -0.25) is 13.7 Å². The summed E-state index contributed by atoms with van der Waals surface area (Å²) in [6.45, 7) is 26.0. The summed E-state index contributed by atoms with van der Waals surface area (Å²) in [6, 6.07) is 0. The molecule has 0 radical (unpaired) electrons. The molecular formula is C22H50N2O+2. The Labute approximate surface area is 159 Å². The summed E-state index contributed by atoms with van der Waals surface area (Å²) < 4.78 is 9.12. The molecule has 0 aliphatic carbocycles. The fourth-order valence-electron chi connectivity index (χ4n) is 4.98. The zero-order valence-electron chi connectivity index (χ0n) is 18.9. The lowest BCUT2D eigenvalue weighted by molar-refractivity contribution is -1.01. The van der Waals surface area contributed by atoms with E-state index in [0.717, 1.165) is 8.97 Å². The molecule has 0 heterocycles. The van der Waals surface area contributed by atoms with Gasteiger partial charge in [0.2, 0.25) is 0 Å². The van der Waals surface area contributed by atoms with E-state index in [2.05, 4.69) is 55.4 Å². The molecule has 0 saturated heterocycles. The Kier molecular flexibility index (Phi) is 13.0. The van der Waals surface area contributed by atoms with Gasteiger partial charge < -0.3 is 0 Å². The monoisotopic (exact) mass is 358 g/mol. The second kappa shape index (κ2) is 13.1. The molecular weight excluding hydrogens is 308 g/mol. The predicted octanol–water partition coefficient (Wildman–Crippen LogP) is 5.79. The number of hydrogen-bond acceptors (Lipinski definition) is 1. The molecule has 0 aromatic rings. The molecule has 3 heteroatoms. The van der Waals surface area contributed by atoms with Crippen LogP contribution in [0.15, 0.2) is 0 Å². The third-order valence-electron chi connectivity index (χ3n) is 5.95. The van der Waals surface area contributed by atoms with Crippen molar-refractivity contribution in [1.82, 2.24) is 0 Å². The Hall–Kier alpha value is -0.120. The first kappa shape index (κ1) is 24.9. The van der Waals surface area contributed by atoms with Crippen molar-refractivity contribution < 1.29 is 13.7 Å². The standard InChI is InChI=1S/C22H50N2O/c1-9-15-23(16-10-2,17-11-3)21(7)25-22(8)24(18-12-4,19-13-5)20-14-6/h21-22H,9-20H2,1-8H3/q+2. The second-order valence-electron chi connectivity index (χ2n) is 8.11. The molecule has 2 atom stereocenters. The van der Waals surface area contributed by atoms with Gasteiger partial charge in [0.05, 0.1) is 39.3 Å². The highest BCUT2D eigenvalue weighted by molar-refractivity contribution is 4.52. The lowest BCUT2D eigenvalue weighted by atomic mass is 10.2. The van der Waals surface area contributed by atoms with Gasteiger partial charge in [0.15, 0.2) is 12.5 Å². The largest absolute Gasteiger partial charge is 0.299 e. The third-order valence-corrected chi connectivity index (χ3v) is 5.95. The minimum Gasteiger partial charge on any atom is -0.299 e. The number of rotatable bonds is 16. The Balaban J connectivity index is 5.41. The zero-order chi connectivity index (χ0) is 19.3. The summed E-state index contributed by atoms with van der Waals surface area (Å²) in [5.41, 5.74) is 0. The van der Waals surface area contributed by atoms with Crippen LogP contribution in [0.25, 0.3) is 0 Å². The molecule has 0 aromatic heterocycles. The van der Waals surface area contributed by atoms with Crippen LogP contribution >= 0.6 is 0 Å². The van der Waals surface area contributed by atoms with Gasteiger partial charge >= 0.3 is 0 Å². The number of ether oxygens (including phenoxy) is 1. The summed E-state index contributed by atoms with van der Waals surface area (Å²) in [5.74, 6) is 0. The molecule has 0 amide bonds. The molecule has 0 saturated carbocycles. The van der Waals surface area contributed by atoms with Crippen LogP contribution in [0.3, 0.4) is 0 Å². The molecule has 0 aromatic carbocycles. The number of hydrogen-bond donors (Lipinski definition) is 0. The molecule has 0 rings (SSSR count). The van der Waals surface area contributed by atoms with Crippen molar-refractivity contribution in [3.05, 3.63) is 0 Å². The first-order chi connectivity index (χ1) is 11.9. The van der Waals surface area contributed by atoms with Crippen LogP contribution in [0.2, 0.25) is 0 Å². The number of quaternary nitrogens is 2. The smallest absolute Gasteiger partial charge is 0.196 e. The fraction of sp³-hybridized carbons (Fsp3) is 1.00. The van der Waals surface area contributed by atoms with E-state index in [0.29, 0.717) is 0 Å². The van der Waals surface area contributed by atoms with Crippen LogP contribution in [-0.4, -0.2) is 60.7 Å². The first-order valence-corrected chi connectivity index (χ1v) is 11.3. The van der Waals surface area contributed by atoms with Crippen molar-refractivity contribution in [3.63, 3.8) is 0 Å². The van der Waals surface area contributed by atoms with Crippen LogP contribution in [0, 0.1) is 0 Å². The van der Waals surface area contributed by atoms with Gasteiger partial charge in [0.1, 0.15) is 0 Å². The lowest BCUT2D eigenvalue weighted by Gasteiger charge is -2.48. The highest BCUT2D eigenvalue weighted by Gasteiger charge is 2.39. The van der Waals surface area contributed by atoms with E-state index in [4.69, 9.17) is 4.74 Å². The quantitative estimate of drug-likeness (QED) is 0.251. The van der Waals surface area contributed by atoms with Gasteiger partial charge in [-0.1, -0.05) is 41.5 Å². The normalized spacial score (nSPS) is 15.4. The third kappa shape index (κ3) is 7.19. The van der Waals surface area contributed by atoms with E-state index >= 15 is 0 Å². The highest BCUT2D eigenvalue weighted by atomic mass is 16.5. The Morgan fingerprint density at radius 2 is 0.680 bits per heavy atom. The molecule has 0 fully saturated rings. The van der Waals surface area contributed by atoms with Gasteiger partial charge in [-0.2, -0.15) is 0 Å². The topological polar surface area (TPSA) is 9.23 Å². The van der Waals surface area contributed by atoms with Gasteiger partial charge in [0, 0.05) is 13.8 Å². The van der Waals surface area contributed by atoms with Crippen molar-refractivity contribution in [2.75, 3.05) is 39.3 Å². The van der Waals surface area contributed by atoms with Crippen LogP contribution in [0.1, 0.15) is 93.9 Å². The maximum absolute atomic E-state index is 6.84. The van der Waals surface area contributed by atoms with Gasteiger partial charge in [-0.25, -0.2) is 0 Å². The molecule has 0 N–H and O–H groups in total. The van der Waals surface area contributed by atoms with E-state index in [1.54, 1.807) is 0 Å². The molecule has 2 unspecified atom stereocenters. The molecule has 0 aliphatic rings. The Morgan fingerprint density at radius 1 is 0.480 bits per heavy atom. The van der Waals surface area contributed by atoms with Crippen molar-refractivity contribution in [1.29, 1.82) is 0 Å². The van der Waals surface area contributed by atoms with Crippen molar-refractivity contribution in [2.45, 2.75) is 106 Å². The molecule has 152 valence electrons. The maximum atomic E-state index is 6.84. The van der Waals surface area contributed by atoms with E-state index in [1.165, 1.54) is 77.8 Å². The first-order valence-electron chi connectivity index (χ1n) is 11.3. The van der Waals surface area contributed by atoms with Crippen molar-refractivity contribution in [3.8, 4) is 0 Å². The van der Waals surface area contributed by atoms with Gasteiger partial charge in [-0.05, 0) is 38.5 Å². The molecule has 0 aliphatic heterocycles. The minimum atomic E-state index is 0.290. The van der Waals surface area contributed by atoms with E-state index in [-0.39, 0.29) is 12.5 Å². The molecule has 25 heavy (non-hydrogen) atoms. The van der Waals surface area contributed by atoms with Crippen LogP contribution < -0.4 is 0 Å². The number of nitrogens with zero attached hydrogens (tertiary/aromatic N) is 2.